The van der Waals surface area contributed by atoms with Gasteiger partial charge in [0.25, 0.3) is 0 Å². The molecule has 3 aromatic rings. The molecule has 1 aliphatic heterocycles. The molecule has 38 heavy (non-hydrogen) atoms. The van der Waals surface area contributed by atoms with Gasteiger partial charge in [-0.2, -0.15) is 0 Å². The highest BCUT2D eigenvalue weighted by Crippen LogP contribution is 2.30. The van der Waals surface area contributed by atoms with Gasteiger partial charge in [0.15, 0.2) is 5.78 Å². The maximum atomic E-state index is 12.5. The first-order valence-electron chi connectivity index (χ1n) is 13.3. The lowest BCUT2D eigenvalue weighted by atomic mass is 10.0. The number of rotatable bonds is 14. The maximum absolute atomic E-state index is 12.5. The predicted octanol–water partition coefficient (Wildman–Crippen LogP) is 6.38. The summed E-state index contributed by atoms with van der Waals surface area (Å²) in [5.74, 6) is 0.980. The lowest BCUT2D eigenvalue weighted by Crippen LogP contribution is -2.29. The van der Waals surface area contributed by atoms with Crippen molar-refractivity contribution in [2.24, 2.45) is 0 Å². The molecular weight excluding hydrogens is 480 g/mol. The number of Topliss-reactive ketones (excluding diaryl/α,β-unsaturated/α-hetero) is 1. The Morgan fingerprint density at radius 1 is 0.947 bits per heavy atom. The predicted molar refractivity (Wildman–Crippen MR) is 150 cm³/mol. The second kappa shape index (κ2) is 14.5. The summed E-state index contributed by atoms with van der Waals surface area (Å²) >= 11 is 0. The van der Waals surface area contributed by atoms with Crippen molar-refractivity contribution < 1.29 is 23.4 Å². The molecule has 200 valence electrons. The summed E-state index contributed by atoms with van der Waals surface area (Å²) in [6.07, 6.45) is 6.15. The standard InChI is InChI=1S/C31H36N2O5/c1-32-29(30(34)7-6-16-36-19-20-37-18-17-35-2)23-28-12-13-31(38-28)26-9-8-25-22-27(11-10-24(25)21-26)33-14-4-3-5-15-33/h8-13,21-23H,3-7,14-20H2,2H3/b29-23-. The number of methoxy groups -OCH3 is 1. The van der Waals surface area contributed by atoms with E-state index in [2.05, 4.69) is 46.1 Å². The molecule has 4 rings (SSSR count). The molecule has 0 amide bonds. The van der Waals surface area contributed by atoms with Gasteiger partial charge in [-0.25, -0.2) is 4.85 Å². The van der Waals surface area contributed by atoms with Crippen LogP contribution in [0.4, 0.5) is 5.69 Å². The van der Waals surface area contributed by atoms with Gasteiger partial charge in [-0.1, -0.05) is 18.2 Å². The summed E-state index contributed by atoms with van der Waals surface area (Å²) in [7, 11) is 1.63. The highest BCUT2D eigenvalue weighted by atomic mass is 16.5. The van der Waals surface area contributed by atoms with Crippen molar-refractivity contribution in [1.29, 1.82) is 0 Å². The molecular formula is C31H36N2O5. The normalized spacial score (nSPS) is 14.1. The van der Waals surface area contributed by atoms with Gasteiger partial charge in [0.1, 0.15) is 11.5 Å². The van der Waals surface area contributed by atoms with Crippen LogP contribution in [0.5, 0.6) is 0 Å². The third kappa shape index (κ3) is 7.78. The molecule has 1 aromatic heterocycles. The van der Waals surface area contributed by atoms with Gasteiger partial charge in [-0.15, -0.1) is 0 Å². The summed E-state index contributed by atoms with van der Waals surface area (Å²) in [6.45, 7) is 12.2. The second-order valence-electron chi connectivity index (χ2n) is 9.38. The van der Waals surface area contributed by atoms with Crippen molar-refractivity contribution in [1.82, 2.24) is 0 Å². The average Bonchev–Trinajstić information content (AvgIpc) is 3.43. The average molecular weight is 517 g/mol. The molecule has 7 nitrogen and oxygen atoms in total. The number of piperidine rings is 1. The Hall–Kier alpha value is -3.44. The molecule has 2 heterocycles. The molecule has 0 N–H and O–H groups in total. The number of carbonyl (C=O) groups is 1. The Morgan fingerprint density at radius 3 is 2.47 bits per heavy atom. The van der Waals surface area contributed by atoms with Crippen LogP contribution in [0.1, 0.15) is 37.9 Å². The van der Waals surface area contributed by atoms with E-state index in [4.69, 9.17) is 25.2 Å². The molecule has 1 saturated heterocycles. The Balaban J connectivity index is 1.32. The fraction of sp³-hybridized carbons (Fsp3) is 0.419. The highest BCUT2D eigenvalue weighted by Gasteiger charge is 2.13. The van der Waals surface area contributed by atoms with Crippen molar-refractivity contribution >= 4 is 28.3 Å². The Labute approximate surface area is 224 Å². The van der Waals surface area contributed by atoms with E-state index in [0.717, 1.165) is 24.0 Å². The molecule has 1 aliphatic rings. The van der Waals surface area contributed by atoms with Gasteiger partial charge in [0.05, 0.1) is 33.0 Å². The quantitative estimate of drug-likeness (QED) is 0.141. The van der Waals surface area contributed by atoms with Crippen LogP contribution in [-0.4, -0.2) is 59.0 Å². The third-order valence-electron chi connectivity index (χ3n) is 6.64. The van der Waals surface area contributed by atoms with Crippen LogP contribution >= 0.6 is 0 Å². The number of fused-ring (bicyclic) bond motifs is 1. The summed E-state index contributed by atoms with van der Waals surface area (Å²) < 4.78 is 21.7. The van der Waals surface area contributed by atoms with Crippen LogP contribution in [0, 0.1) is 6.57 Å². The van der Waals surface area contributed by atoms with Crippen LogP contribution in [0.3, 0.4) is 0 Å². The van der Waals surface area contributed by atoms with Gasteiger partial charge < -0.3 is 28.3 Å². The van der Waals surface area contributed by atoms with E-state index >= 15 is 0 Å². The first-order chi connectivity index (χ1) is 18.7. The lowest BCUT2D eigenvalue weighted by Gasteiger charge is -2.29. The van der Waals surface area contributed by atoms with Crippen molar-refractivity contribution in [2.75, 3.05) is 58.1 Å². The maximum Gasteiger partial charge on any atom is 0.232 e. The molecule has 0 unspecified atom stereocenters. The monoisotopic (exact) mass is 516 g/mol. The number of anilines is 1. The summed E-state index contributed by atoms with van der Waals surface area (Å²) in [5.41, 5.74) is 2.31. The summed E-state index contributed by atoms with van der Waals surface area (Å²) in [4.78, 5) is 18.4. The van der Waals surface area contributed by atoms with E-state index < -0.39 is 0 Å². The SMILES string of the molecule is [C-]#[N+]/C(=C\c1ccc(-c2ccc3cc(N4CCCCC4)ccc3c2)o1)C(=O)CCCOCCOCCOC. The van der Waals surface area contributed by atoms with Crippen LogP contribution in [0.25, 0.3) is 33.0 Å². The highest BCUT2D eigenvalue weighted by molar-refractivity contribution is 6.01. The van der Waals surface area contributed by atoms with Crippen molar-refractivity contribution in [2.45, 2.75) is 32.1 Å². The fourth-order valence-corrected chi connectivity index (χ4v) is 4.56. The van der Waals surface area contributed by atoms with Gasteiger partial charge in [-0.3, -0.25) is 0 Å². The Morgan fingerprint density at radius 2 is 1.68 bits per heavy atom. The van der Waals surface area contributed by atoms with Crippen LogP contribution in [0.2, 0.25) is 0 Å². The fourth-order valence-electron chi connectivity index (χ4n) is 4.56. The van der Waals surface area contributed by atoms with Crippen LogP contribution in [-0.2, 0) is 19.0 Å². The van der Waals surface area contributed by atoms with Crippen molar-refractivity contribution in [3.05, 3.63) is 71.4 Å². The minimum Gasteiger partial charge on any atom is -0.458 e. The number of ketones is 1. The van der Waals surface area contributed by atoms with E-state index in [1.54, 1.807) is 13.2 Å². The molecule has 1 fully saturated rings. The molecule has 0 aliphatic carbocycles. The molecule has 0 saturated carbocycles. The van der Waals surface area contributed by atoms with Gasteiger partial charge >= 0.3 is 0 Å². The smallest absolute Gasteiger partial charge is 0.232 e. The number of hydrogen-bond acceptors (Lipinski definition) is 6. The topological polar surface area (TPSA) is 65.5 Å². The summed E-state index contributed by atoms with van der Waals surface area (Å²) in [6, 6.07) is 16.6. The van der Waals surface area contributed by atoms with Gasteiger partial charge in [-0.05, 0) is 72.9 Å². The number of benzene rings is 2. The van der Waals surface area contributed by atoms with E-state index in [1.165, 1.54) is 36.4 Å². The second-order valence-corrected chi connectivity index (χ2v) is 9.38. The number of carbonyl (C=O) groups excluding carboxylic acids is 1. The molecule has 0 radical (unpaired) electrons. The minimum atomic E-state index is -0.215. The van der Waals surface area contributed by atoms with Crippen LogP contribution in [0.15, 0.2) is 58.6 Å². The van der Waals surface area contributed by atoms with E-state index in [1.807, 2.05) is 6.07 Å². The number of furan rings is 1. The van der Waals surface area contributed by atoms with Crippen molar-refractivity contribution in [3.63, 3.8) is 0 Å². The van der Waals surface area contributed by atoms with Crippen molar-refractivity contribution in [3.8, 4) is 11.3 Å². The van der Waals surface area contributed by atoms with Gasteiger partial charge in [0.2, 0.25) is 5.70 Å². The van der Waals surface area contributed by atoms with E-state index in [-0.39, 0.29) is 17.9 Å². The zero-order valence-corrected chi connectivity index (χ0v) is 22.1. The minimum absolute atomic E-state index is 0.0672. The Bertz CT molecular complexity index is 1270. The first kappa shape index (κ1) is 27.6. The van der Waals surface area contributed by atoms with E-state index in [0.29, 0.717) is 51.0 Å². The molecule has 0 spiro atoms. The number of allylic oxidation sites excluding steroid dienone is 1. The summed E-state index contributed by atoms with van der Waals surface area (Å²) in [5, 5.41) is 2.35. The molecule has 2 aromatic carbocycles. The first-order valence-corrected chi connectivity index (χ1v) is 13.3. The van der Waals surface area contributed by atoms with Crippen LogP contribution < -0.4 is 4.90 Å². The number of nitrogens with zero attached hydrogens (tertiary/aromatic N) is 2. The van der Waals surface area contributed by atoms with E-state index in [9.17, 15) is 4.79 Å². The number of ether oxygens (including phenoxy) is 3. The lowest BCUT2D eigenvalue weighted by molar-refractivity contribution is -0.115. The van der Waals surface area contributed by atoms with Gasteiger partial charge in [0, 0.05) is 44.5 Å². The molecule has 0 atom stereocenters. The third-order valence-corrected chi connectivity index (χ3v) is 6.64. The Kier molecular flexibility index (Phi) is 10.5. The largest absolute Gasteiger partial charge is 0.458 e. The number of hydrogen-bond donors (Lipinski definition) is 0. The zero-order valence-electron chi connectivity index (χ0n) is 22.1. The zero-order chi connectivity index (χ0) is 26.6. The molecule has 0 bridgehead atoms. The molecule has 7 heteroatoms.